The number of aromatic nitrogens is 2. The molecule has 0 aliphatic heterocycles. The first-order valence-electron chi connectivity index (χ1n) is 19.6. The first-order valence-corrected chi connectivity index (χ1v) is 19.6. The van der Waals surface area contributed by atoms with Gasteiger partial charge in [-0.2, -0.15) is 0 Å². The van der Waals surface area contributed by atoms with E-state index < -0.39 is 0 Å². The van der Waals surface area contributed by atoms with Crippen molar-refractivity contribution in [1.82, 2.24) is 9.13 Å². The average Bonchev–Trinajstić information content (AvgIpc) is 3.96. The third kappa shape index (κ3) is 4.84. The van der Waals surface area contributed by atoms with E-state index in [9.17, 15) is 0 Å². The second-order valence-corrected chi connectivity index (χ2v) is 14.8. The predicted octanol–water partition coefficient (Wildman–Crippen LogP) is 14.6. The molecule has 3 heterocycles. The van der Waals surface area contributed by atoms with Gasteiger partial charge >= 0.3 is 0 Å². The third-order valence-electron chi connectivity index (χ3n) is 11.6. The largest absolute Gasteiger partial charge is 0.455 e. The smallest absolute Gasteiger partial charge is 0.145 e. The maximum Gasteiger partial charge on any atom is 0.145 e. The molecule has 4 heteroatoms. The normalized spacial score (nSPS) is 12.1. The molecule has 0 radical (unpaired) electrons. The van der Waals surface area contributed by atoms with Crippen molar-refractivity contribution in [2.75, 3.05) is 4.90 Å². The van der Waals surface area contributed by atoms with Crippen molar-refractivity contribution in [3.63, 3.8) is 0 Å². The van der Waals surface area contributed by atoms with Crippen LogP contribution in [0.1, 0.15) is 11.3 Å². The molecule has 12 rings (SSSR count). The van der Waals surface area contributed by atoms with Crippen LogP contribution in [0, 0.1) is 0 Å². The minimum Gasteiger partial charge on any atom is -0.455 e. The molecule has 270 valence electrons. The van der Waals surface area contributed by atoms with Crippen LogP contribution in [0.4, 0.5) is 17.1 Å². The summed E-state index contributed by atoms with van der Waals surface area (Å²) in [6.45, 7) is 0. The monoisotopic (exact) mass is 739 g/mol. The zero-order valence-corrected chi connectivity index (χ0v) is 31.3. The van der Waals surface area contributed by atoms with Gasteiger partial charge < -0.3 is 18.5 Å². The molecule has 0 amide bonds. The SMILES string of the molecule is C1=C=Cc2c(c3c4oc5c(ccc6c5c5ccccc5n6-c5ccc(N(c6ccccc6)c6ccc(-c7ccccc7)cc6)cc5)c4ccc3n2-c2ccccc2)C=1. The standard InChI is InChI=1S/C54H33N3O/c1-4-14-36(15-5-1)37-24-26-40(27-25-37)55(38-16-6-2-7-17-38)41-28-30-42(31-29-41)57-48-23-13-11-21-46(48)52-50(57)35-33-44-43-32-34-49-51(53(43)58-54(44)52)45-20-10-12-22-47(45)56(49)39-18-8-3-9-19-39/h1-9,11,13-35H. The van der Waals surface area contributed by atoms with Gasteiger partial charge in [-0.25, -0.2) is 0 Å². The molecular weight excluding hydrogens is 707 g/mol. The second kappa shape index (κ2) is 12.8. The van der Waals surface area contributed by atoms with Gasteiger partial charge in [-0.1, -0.05) is 109 Å². The van der Waals surface area contributed by atoms with E-state index in [1.165, 1.54) is 11.1 Å². The summed E-state index contributed by atoms with van der Waals surface area (Å²) in [5.74, 6) is 0. The van der Waals surface area contributed by atoms with Crippen LogP contribution in [-0.4, -0.2) is 9.13 Å². The maximum atomic E-state index is 7.12. The highest BCUT2D eigenvalue weighted by Gasteiger charge is 2.24. The summed E-state index contributed by atoms with van der Waals surface area (Å²) < 4.78 is 11.8. The van der Waals surface area contributed by atoms with Gasteiger partial charge in [0.2, 0.25) is 0 Å². The van der Waals surface area contributed by atoms with Gasteiger partial charge in [0.15, 0.2) is 0 Å². The first kappa shape index (κ1) is 32.3. The zero-order chi connectivity index (χ0) is 38.2. The van der Waals surface area contributed by atoms with E-state index in [1.54, 1.807) is 0 Å². The van der Waals surface area contributed by atoms with E-state index in [2.05, 4.69) is 214 Å². The highest BCUT2D eigenvalue weighted by atomic mass is 16.3. The Morgan fingerprint density at radius 1 is 0.379 bits per heavy atom. The van der Waals surface area contributed by atoms with E-state index in [0.29, 0.717) is 0 Å². The molecule has 0 bridgehead atoms. The van der Waals surface area contributed by atoms with Crippen molar-refractivity contribution in [2.45, 2.75) is 0 Å². The second-order valence-electron chi connectivity index (χ2n) is 14.8. The zero-order valence-electron chi connectivity index (χ0n) is 31.3. The molecule has 3 aromatic heterocycles. The average molecular weight is 740 g/mol. The number of anilines is 3. The number of hydrogen-bond donors (Lipinski definition) is 0. The molecular formula is C54H33N3O. The highest BCUT2D eigenvalue weighted by molar-refractivity contribution is 6.26. The van der Waals surface area contributed by atoms with Crippen LogP contribution in [0.25, 0.3) is 89.3 Å². The lowest BCUT2D eigenvalue weighted by molar-refractivity contribution is 0.676. The molecule has 58 heavy (non-hydrogen) atoms. The predicted molar refractivity (Wildman–Crippen MR) is 241 cm³/mol. The molecule has 1 aliphatic carbocycles. The van der Waals surface area contributed by atoms with Crippen molar-refractivity contribution < 1.29 is 4.42 Å². The number of para-hydroxylation sites is 3. The number of fused-ring (bicyclic) bond motifs is 11. The number of nitrogens with zero attached hydrogens (tertiary/aromatic N) is 3. The van der Waals surface area contributed by atoms with E-state index in [-0.39, 0.29) is 0 Å². The van der Waals surface area contributed by atoms with Crippen LogP contribution in [0.2, 0.25) is 0 Å². The van der Waals surface area contributed by atoms with Crippen LogP contribution >= 0.6 is 0 Å². The van der Waals surface area contributed by atoms with E-state index in [4.69, 9.17) is 4.42 Å². The van der Waals surface area contributed by atoms with Crippen LogP contribution < -0.4 is 4.90 Å². The van der Waals surface area contributed by atoms with Gasteiger partial charge in [-0.05, 0) is 108 Å². The number of rotatable bonds is 6. The van der Waals surface area contributed by atoms with Crippen molar-refractivity contribution in [3.05, 3.63) is 211 Å². The van der Waals surface area contributed by atoms with E-state index in [0.717, 1.165) is 94.3 Å². The first-order chi connectivity index (χ1) is 28.8. The molecule has 8 aromatic carbocycles. The van der Waals surface area contributed by atoms with Crippen molar-refractivity contribution >= 4 is 83.9 Å². The van der Waals surface area contributed by atoms with Crippen LogP contribution in [-0.2, 0) is 0 Å². The highest BCUT2D eigenvalue weighted by Crippen LogP contribution is 2.45. The van der Waals surface area contributed by atoms with E-state index >= 15 is 0 Å². The van der Waals surface area contributed by atoms with Crippen LogP contribution in [0.3, 0.4) is 0 Å². The Kier molecular flexibility index (Phi) is 7.11. The Labute approximate surface area is 334 Å². The minimum absolute atomic E-state index is 0.887. The van der Waals surface area contributed by atoms with Gasteiger partial charge in [0.25, 0.3) is 0 Å². The van der Waals surface area contributed by atoms with Gasteiger partial charge in [-0.15, -0.1) is 0 Å². The summed E-state index contributed by atoms with van der Waals surface area (Å²) in [5, 5.41) is 5.55. The molecule has 11 aromatic rings. The summed E-state index contributed by atoms with van der Waals surface area (Å²) in [6, 6.07) is 66.9. The molecule has 0 fully saturated rings. The van der Waals surface area contributed by atoms with Crippen molar-refractivity contribution in [3.8, 4) is 22.5 Å². The molecule has 0 spiro atoms. The Bertz CT molecular complexity index is 3490. The minimum atomic E-state index is 0.887. The van der Waals surface area contributed by atoms with E-state index in [1.807, 2.05) is 12.2 Å². The summed E-state index contributed by atoms with van der Waals surface area (Å²) in [5.41, 5.74) is 21.5. The van der Waals surface area contributed by atoms with Crippen molar-refractivity contribution in [2.24, 2.45) is 0 Å². The Morgan fingerprint density at radius 2 is 0.914 bits per heavy atom. The molecule has 0 saturated carbocycles. The number of furan rings is 1. The summed E-state index contributed by atoms with van der Waals surface area (Å²) >= 11 is 0. The van der Waals surface area contributed by atoms with Crippen LogP contribution in [0.5, 0.6) is 0 Å². The van der Waals surface area contributed by atoms with Gasteiger partial charge in [0.1, 0.15) is 11.2 Å². The number of hydrogen-bond acceptors (Lipinski definition) is 2. The molecule has 4 nitrogen and oxygen atoms in total. The van der Waals surface area contributed by atoms with Gasteiger partial charge in [-0.3, -0.25) is 0 Å². The molecule has 0 N–H and O–H groups in total. The molecule has 0 unspecified atom stereocenters. The lowest BCUT2D eigenvalue weighted by atomic mass is 10.0. The van der Waals surface area contributed by atoms with Crippen LogP contribution in [0.15, 0.2) is 204 Å². The Hall–Kier alpha value is -8.00. The fourth-order valence-electron chi connectivity index (χ4n) is 9.02. The fraction of sp³-hybridized carbons (Fsp3) is 0. The molecule has 0 saturated heterocycles. The topological polar surface area (TPSA) is 26.2 Å². The third-order valence-corrected chi connectivity index (χ3v) is 11.6. The van der Waals surface area contributed by atoms with Gasteiger partial charge in [0.05, 0.1) is 33.0 Å². The number of benzene rings is 8. The molecule has 1 aliphatic rings. The lowest BCUT2D eigenvalue weighted by Crippen LogP contribution is -2.10. The quantitative estimate of drug-likeness (QED) is 0.159. The van der Waals surface area contributed by atoms with Crippen molar-refractivity contribution in [1.29, 1.82) is 0 Å². The summed E-state index contributed by atoms with van der Waals surface area (Å²) in [6.07, 6.45) is 4.06. The fourth-order valence-corrected chi connectivity index (χ4v) is 9.02. The molecule has 0 atom stereocenters. The Morgan fingerprint density at radius 3 is 1.64 bits per heavy atom. The lowest BCUT2D eigenvalue weighted by Gasteiger charge is -2.26. The Balaban J connectivity index is 1.02. The summed E-state index contributed by atoms with van der Waals surface area (Å²) in [4.78, 5) is 2.31. The van der Waals surface area contributed by atoms with Gasteiger partial charge in [0, 0.05) is 56.2 Å². The maximum absolute atomic E-state index is 7.12. The summed E-state index contributed by atoms with van der Waals surface area (Å²) in [7, 11) is 0.